The van der Waals surface area contributed by atoms with Crippen molar-refractivity contribution in [3.63, 3.8) is 0 Å². The van der Waals surface area contributed by atoms with Crippen LogP contribution in [0, 0.1) is 0 Å². The predicted molar refractivity (Wildman–Crippen MR) is 75.4 cm³/mol. The maximum atomic E-state index is 12.7. The minimum Gasteiger partial charge on any atom is -0.337 e. The van der Waals surface area contributed by atoms with E-state index in [-0.39, 0.29) is 11.9 Å². The van der Waals surface area contributed by atoms with Crippen molar-refractivity contribution in [1.29, 1.82) is 0 Å². The molecule has 1 fully saturated rings. The van der Waals surface area contributed by atoms with E-state index in [2.05, 4.69) is 11.8 Å². The highest BCUT2D eigenvalue weighted by molar-refractivity contribution is 5.86. The predicted octanol–water partition coefficient (Wildman–Crippen LogP) is 1.45. The number of likely N-dealkylation sites (N-methyl/N-ethyl adjacent to an activating group) is 2. The van der Waals surface area contributed by atoms with Crippen LogP contribution in [-0.2, 0) is 4.79 Å². The van der Waals surface area contributed by atoms with Crippen LogP contribution in [0.3, 0.4) is 0 Å². The van der Waals surface area contributed by atoms with Crippen LogP contribution in [0.25, 0.3) is 0 Å². The first kappa shape index (κ1) is 15.4. The molecule has 1 atom stereocenters. The zero-order valence-corrected chi connectivity index (χ0v) is 12.4. The third-order valence-electron chi connectivity index (χ3n) is 3.93. The molecular formula is C14H29N3O. The number of rotatable bonds is 5. The average Bonchev–Trinajstić information content (AvgIpc) is 2.29. The van der Waals surface area contributed by atoms with Gasteiger partial charge in [0.15, 0.2) is 0 Å². The van der Waals surface area contributed by atoms with Gasteiger partial charge >= 0.3 is 0 Å². The first-order valence-electron chi connectivity index (χ1n) is 7.15. The molecule has 1 aliphatic rings. The monoisotopic (exact) mass is 255 g/mol. The Morgan fingerprint density at radius 3 is 2.28 bits per heavy atom. The first-order chi connectivity index (χ1) is 8.40. The van der Waals surface area contributed by atoms with Crippen LogP contribution in [0.1, 0.15) is 46.0 Å². The van der Waals surface area contributed by atoms with Crippen LogP contribution in [-0.4, -0.2) is 54.5 Å². The van der Waals surface area contributed by atoms with E-state index in [9.17, 15) is 4.79 Å². The third kappa shape index (κ3) is 3.69. The number of nitrogens with zero attached hydrogens (tertiary/aromatic N) is 2. The highest BCUT2D eigenvalue weighted by Crippen LogP contribution is 2.28. The molecule has 18 heavy (non-hydrogen) atoms. The quantitative estimate of drug-likeness (QED) is 0.809. The zero-order valence-electron chi connectivity index (χ0n) is 12.4. The summed E-state index contributed by atoms with van der Waals surface area (Å²) in [7, 11) is 4.07. The molecule has 4 heteroatoms. The standard InChI is InChI=1S/C14H29N3O/c1-5-17(12(2)11-16(3)4)13(18)14(15)9-7-6-8-10-14/h12H,5-11,15H2,1-4H3. The molecule has 0 heterocycles. The maximum Gasteiger partial charge on any atom is 0.242 e. The summed E-state index contributed by atoms with van der Waals surface area (Å²) in [4.78, 5) is 16.7. The molecule has 0 aliphatic heterocycles. The van der Waals surface area contributed by atoms with Gasteiger partial charge < -0.3 is 15.5 Å². The van der Waals surface area contributed by atoms with Gasteiger partial charge in [-0.05, 0) is 40.8 Å². The lowest BCUT2D eigenvalue weighted by Gasteiger charge is -2.39. The number of amides is 1. The van der Waals surface area contributed by atoms with Crippen molar-refractivity contribution in [1.82, 2.24) is 9.80 Å². The van der Waals surface area contributed by atoms with E-state index in [0.717, 1.165) is 38.8 Å². The van der Waals surface area contributed by atoms with Gasteiger partial charge in [-0.3, -0.25) is 4.79 Å². The molecule has 0 spiro atoms. The van der Waals surface area contributed by atoms with E-state index in [4.69, 9.17) is 5.73 Å². The maximum absolute atomic E-state index is 12.7. The van der Waals surface area contributed by atoms with E-state index in [0.29, 0.717) is 0 Å². The minimum atomic E-state index is -0.602. The second kappa shape index (κ2) is 6.53. The van der Waals surface area contributed by atoms with Gasteiger partial charge in [0.2, 0.25) is 5.91 Å². The van der Waals surface area contributed by atoms with Crippen molar-refractivity contribution in [2.45, 2.75) is 57.5 Å². The van der Waals surface area contributed by atoms with Crippen molar-refractivity contribution in [2.24, 2.45) is 5.73 Å². The largest absolute Gasteiger partial charge is 0.337 e. The SMILES string of the molecule is CCN(C(=O)C1(N)CCCCC1)C(C)CN(C)C. The van der Waals surface area contributed by atoms with Gasteiger partial charge in [0.1, 0.15) is 0 Å². The Balaban J connectivity index is 2.71. The van der Waals surface area contributed by atoms with Gasteiger partial charge in [-0.1, -0.05) is 19.3 Å². The highest BCUT2D eigenvalue weighted by Gasteiger charge is 2.39. The van der Waals surface area contributed by atoms with E-state index in [1.807, 2.05) is 25.9 Å². The van der Waals surface area contributed by atoms with Gasteiger partial charge in [-0.15, -0.1) is 0 Å². The van der Waals surface area contributed by atoms with Crippen molar-refractivity contribution in [3.05, 3.63) is 0 Å². The Labute approximate surface area is 111 Å². The molecule has 0 bridgehead atoms. The van der Waals surface area contributed by atoms with Gasteiger partial charge in [0.05, 0.1) is 5.54 Å². The normalized spacial score (nSPS) is 20.8. The summed E-state index contributed by atoms with van der Waals surface area (Å²) < 4.78 is 0. The number of carbonyl (C=O) groups excluding carboxylic acids is 1. The molecule has 1 saturated carbocycles. The fourth-order valence-corrected chi connectivity index (χ4v) is 2.96. The second-order valence-electron chi connectivity index (χ2n) is 5.92. The molecule has 1 aliphatic carbocycles. The molecular weight excluding hydrogens is 226 g/mol. The Morgan fingerprint density at radius 2 is 1.83 bits per heavy atom. The van der Waals surface area contributed by atoms with Crippen molar-refractivity contribution < 1.29 is 4.79 Å². The topological polar surface area (TPSA) is 49.6 Å². The van der Waals surface area contributed by atoms with Crippen LogP contribution >= 0.6 is 0 Å². The molecule has 106 valence electrons. The number of carbonyl (C=O) groups is 1. The second-order valence-corrected chi connectivity index (χ2v) is 5.92. The summed E-state index contributed by atoms with van der Waals surface area (Å²) in [6, 6.07) is 0.222. The molecule has 0 radical (unpaired) electrons. The Morgan fingerprint density at radius 1 is 1.28 bits per heavy atom. The van der Waals surface area contributed by atoms with Gasteiger partial charge in [0.25, 0.3) is 0 Å². The summed E-state index contributed by atoms with van der Waals surface area (Å²) in [5.74, 6) is 0.152. The van der Waals surface area contributed by atoms with E-state index < -0.39 is 5.54 Å². The first-order valence-corrected chi connectivity index (χ1v) is 7.15. The van der Waals surface area contributed by atoms with Crippen molar-refractivity contribution in [3.8, 4) is 0 Å². The number of nitrogens with two attached hydrogens (primary N) is 1. The summed E-state index contributed by atoms with van der Waals surface area (Å²) in [5, 5.41) is 0. The van der Waals surface area contributed by atoms with Crippen LogP contribution in [0.5, 0.6) is 0 Å². The van der Waals surface area contributed by atoms with Crippen LogP contribution in [0.15, 0.2) is 0 Å². The van der Waals surface area contributed by atoms with Crippen LogP contribution < -0.4 is 5.73 Å². The van der Waals surface area contributed by atoms with Crippen molar-refractivity contribution >= 4 is 5.91 Å². The molecule has 0 saturated heterocycles. The number of hydrogen-bond acceptors (Lipinski definition) is 3. The fraction of sp³-hybridized carbons (Fsp3) is 0.929. The summed E-state index contributed by atoms with van der Waals surface area (Å²) in [5.41, 5.74) is 5.74. The molecule has 2 N–H and O–H groups in total. The fourth-order valence-electron chi connectivity index (χ4n) is 2.96. The van der Waals surface area contributed by atoms with E-state index >= 15 is 0 Å². The summed E-state index contributed by atoms with van der Waals surface area (Å²) in [6.07, 6.45) is 5.07. The van der Waals surface area contributed by atoms with Crippen LogP contribution in [0.4, 0.5) is 0 Å². The molecule has 0 aromatic rings. The smallest absolute Gasteiger partial charge is 0.242 e. The van der Waals surface area contributed by atoms with Gasteiger partial charge in [-0.25, -0.2) is 0 Å². The molecule has 1 rings (SSSR count). The average molecular weight is 255 g/mol. The molecule has 4 nitrogen and oxygen atoms in total. The zero-order chi connectivity index (χ0) is 13.8. The summed E-state index contributed by atoms with van der Waals surface area (Å²) >= 11 is 0. The number of hydrogen-bond donors (Lipinski definition) is 1. The highest BCUT2D eigenvalue weighted by atomic mass is 16.2. The lowest BCUT2D eigenvalue weighted by molar-refractivity contribution is -0.140. The summed E-state index contributed by atoms with van der Waals surface area (Å²) in [6.45, 7) is 5.77. The third-order valence-corrected chi connectivity index (χ3v) is 3.93. The van der Waals surface area contributed by atoms with Gasteiger partial charge in [0, 0.05) is 19.1 Å². The lowest BCUT2D eigenvalue weighted by Crippen LogP contribution is -2.59. The Kier molecular flexibility index (Phi) is 5.60. The van der Waals surface area contributed by atoms with Gasteiger partial charge in [-0.2, -0.15) is 0 Å². The Bertz CT molecular complexity index is 272. The molecule has 1 unspecified atom stereocenters. The minimum absolute atomic E-state index is 0.152. The molecule has 0 aromatic heterocycles. The van der Waals surface area contributed by atoms with Crippen LogP contribution in [0.2, 0.25) is 0 Å². The van der Waals surface area contributed by atoms with E-state index in [1.54, 1.807) is 0 Å². The molecule has 0 aromatic carbocycles. The lowest BCUT2D eigenvalue weighted by atomic mass is 9.81. The Hall–Kier alpha value is -0.610. The molecule has 1 amide bonds. The van der Waals surface area contributed by atoms with Crippen molar-refractivity contribution in [2.75, 3.05) is 27.2 Å². The van der Waals surface area contributed by atoms with E-state index in [1.165, 1.54) is 6.42 Å².